The van der Waals surface area contributed by atoms with Crippen molar-refractivity contribution in [2.75, 3.05) is 81.5 Å². The van der Waals surface area contributed by atoms with Gasteiger partial charge in [0.2, 0.25) is 11.8 Å². The van der Waals surface area contributed by atoms with Crippen LogP contribution < -0.4 is 25.6 Å². The summed E-state index contributed by atoms with van der Waals surface area (Å²) < 4.78 is 5.58. The van der Waals surface area contributed by atoms with Gasteiger partial charge in [0.05, 0.1) is 23.9 Å². The Labute approximate surface area is 293 Å². The summed E-state index contributed by atoms with van der Waals surface area (Å²) in [6.07, 6.45) is 7.41. The van der Waals surface area contributed by atoms with Crippen molar-refractivity contribution >= 4 is 40.7 Å². The average molecular weight is 684 g/mol. The number of carbonyl (C=O) groups excluding carboxylic acids is 4. The molecule has 12 nitrogen and oxygen atoms in total. The number of piperidine rings is 3. The van der Waals surface area contributed by atoms with Crippen LogP contribution in [-0.4, -0.2) is 116 Å². The van der Waals surface area contributed by atoms with Crippen LogP contribution in [-0.2, 0) is 9.59 Å². The van der Waals surface area contributed by atoms with E-state index in [1.807, 2.05) is 12.1 Å². The van der Waals surface area contributed by atoms with Crippen molar-refractivity contribution in [1.29, 1.82) is 0 Å². The third-order valence-corrected chi connectivity index (χ3v) is 12.0. The normalized spacial score (nSPS) is 24.6. The standard InChI is InChI=1S/C38H49N7O5/c1-50-34-22-33(29(21-31(34)39)25-2-3-25)44-18-16-43(17-19-44)26-10-12-41(13-11-26)23-24-8-14-42(15-9-24)27-4-5-28-30(20-27)38(49)45(37(28)48)32-6-7-35(46)40-36(32)47/h4-5,20-22,24-26,32H,2-3,6-19,23,39H2,1H3,(H,40,46,47). The van der Waals surface area contributed by atoms with Gasteiger partial charge in [0.15, 0.2) is 0 Å². The van der Waals surface area contributed by atoms with Gasteiger partial charge in [0.1, 0.15) is 11.8 Å². The van der Waals surface area contributed by atoms with Crippen LogP contribution in [0.1, 0.15) is 83.6 Å². The second kappa shape index (κ2) is 13.5. The number of fused-ring (bicyclic) bond motifs is 1. The lowest BCUT2D eigenvalue weighted by atomic mass is 9.93. The zero-order valence-corrected chi connectivity index (χ0v) is 29.1. The highest BCUT2D eigenvalue weighted by molar-refractivity contribution is 6.23. The number of anilines is 3. The number of benzene rings is 2. The number of piperazine rings is 1. The second-order valence-corrected chi connectivity index (χ2v) is 15.1. The number of hydrogen-bond donors (Lipinski definition) is 2. The van der Waals surface area contributed by atoms with Crippen molar-refractivity contribution < 1.29 is 23.9 Å². The highest BCUT2D eigenvalue weighted by Gasteiger charge is 2.45. The van der Waals surface area contributed by atoms with Gasteiger partial charge in [-0.2, -0.15) is 0 Å². The molecule has 5 aliphatic heterocycles. The molecule has 4 saturated heterocycles. The molecule has 0 radical (unpaired) electrons. The molecule has 4 amide bonds. The van der Waals surface area contributed by atoms with Crippen LogP contribution in [0.5, 0.6) is 5.75 Å². The fraction of sp³-hybridized carbons (Fsp3) is 0.579. The number of nitrogens with zero attached hydrogens (tertiary/aromatic N) is 5. The summed E-state index contributed by atoms with van der Waals surface area (Å²) in [6.45, 7) is 9.52. The maximum atomic E-state index is 13.3. The summed E-state index contributed by atoms with van der Waals surface area (Å²) in [4.78, 5) is 61.7. The Kier molecular flexibility index (Phi) is 8.93. The summed E-state index contributed by atoms with van der Waals surface area (Å²) in [5.41, 5.74) is 11.3. The molecule has 266 valence electrons. The SMILES string of the molecule is COc1cc(N2CCN(C3CCN(CC4CCN(c5ccc6c(c5)C(=O)N(C5CCC(=O)NC5=O)C6=O)CC4)CC3)CC2)c(C2CC2)cc1N. The van der Waals surface area contributed by atoms with Gasteiger partial charge < -0.3 is 25.2 Å². The molecular formula is C38H49N7O5. The van der Waals surface area contributed by atoms with Crippen molar-refractivity contribution in [2.45, 2.75) is 69.4 Å². The van der Waals surface area contributed by atoms with Crippen LogP contribution in [0.4, 0.5) is 17.1 Å². The van der Waals surface area contributed by atoms with E-state index in [0.29, 0.717) is 29.0 Å². The first-order chi connectivity index (χ1) is 24.3. The number of rotatable bonds is 8. The Morgan fingerprint density at radius 2 is 1.50 bits per heavy atom. The van der Waals surface area contributed by atoms with E-state index < -0.39 is 23.8 Å². The largest absolute Gasteiger partial charge is 0.495 e. The molecule has 1 atom stereocenters. The van der Waals surface area contributed by atoms with Crippen LogP contribution in [0.2, 0.25) is 0 Å². The number of imide groups is 2. The molecule has 0 spiro atoms. The molecule has 6 aliphatic rings. The number of nitrogens with one attached hydrogen (secondary N) is 1. The number of hydrogen-bond acceptors (Lipinski definition) is 10. The Balaban J connectivity index is 0.797. The molecule has 5 fully saturated rings. The lowest BCUT2D eigenvalue weighted by molar-refractivity contribution is -0.136. The molecule has 2 aromatic rings. The molecule has 3 N–H and O–H groups in total. The van der Waals surface area contributed by atoms with E-state index in [1.165, 1.54) is 36.9 Å². The third kappa shape index (κ3) is 6.32. The fourth-order valence-electron chi connectivity index (χ4n) is 8.97. The molecule has 5 heterocycles. The van der Waals surface area contributed by atoms with E-state index in [1.54, 1.807) is 13.2 Å². The number of methoxy groups -OCH3 is 1. The minimum Gasteiger partial charge on any atom is -0.495 e. The Morgan fingerprint density at radius 1 is 0.780 bits per heavy atom. The third-order valence-electron chi connectivity index (χ3n) is 12.0. The first kappa shape index (κ1) is 33.0. The number of nitrogen functional groups attached to an aromatic ring is 1. The Morgan fingerprint density at radius 3 is 2.18 bits per heavy atom. The number of ether oxygens (including phenoxy) is 1. The van der Waals surface area contributed by atoms with Crippen LogP contribution in [0.25, 0.3) is 0 Å². The minimum absolute atomic E-state index is 0.114. The fourth-order valence-corrected chi connectivity index (χ4v) is 8.97. The van der Waals surface area contributed by atoms with Crippen LogP contribution in [0.15, 0.2) is 30.3 Å². The first-order valence-electron chi connectivity index (χ1n) is 18.6. The highest BCUT2D eigenvalue weighted by Crippen LogP contribution is 2.47. The first-order valence-corrected chi connectivity index (χ1v) is 18.6. The maximum Gasteiger partial charge on any atom is 0.262 e. The van der Waals surface area contributed by atoms with Crippen molar-refractivity contribution in [3.8, 4) is 5.75 Å². The van der Waals surface area contributed by atoms with Gasteiger partial charge in [0, 0.05) is 75.7 Å². The van der Waals surface area contributed by atoms with E-state index in [9.17, 15) is 19.2 Å². The number of likely N-dealkylation sites (tertiary alicyclic amines) is 1. The van der Waals surface area contributed by atoms with E-state index in [4.69, 9.17) is 10.5 Å². The maximum absolute atomic E-state index is 13.3. The summed E-state index contributed by atoms with van der Waals surface area (Å²) >= 11 is 0. The molecular weight excluding hydrogens is 634 g/mol. The zero-order chi connectivity index (χ0) is 34.5. The monoisotopic (exact) mass is 683 g/mol. The lowest BCUT2D eigenvalue weighted by Gasteiger charge is -2.44. The van der Waals surface area contributed by atoms with Crippen molar-refractivity contribution in [1.82, 2.24) is 20.0 Å². The molecule has 8 rings (SSSR count). The van der Waals surface area contributed by atoms with Crippen LogP contribution >= 0.6 is 0 Å². The molecule has 1 saturated carbocycles. The summed E-state index contributed by atoms with van der Waals surface area (Å²) in [5.74, 6) is 0.196. The van der Waals surface area contributed by atoms with Gasteiger partial charge in [-0.3, -0.25) is 34.3 Å². The van der Waals surface area contributed by atoms with Crippen LogP contribution in [0, 0.1) is 5.92 Å². The molecule has 50 heavy (non-hydrogen) atoms. The van der Waals surface area contributed by atoms with Gasteiger partial charge >= 0.3 is 0 Å². The number of nitrogens with two attached hydrogens (primary N) is 1. The van der Waals surface area contributed by atoms with E-state index in [2.05, 4.69) is 37.0 Å². The smallest absolute Gasteiger partial charge is 0.262 e. The van der Waals surface area contributed by atoms with E-state index in [-0.39, 0.29) is 18.7 Å². The predicted molar refractivity (Wildman–Crippen MR) is 191 cm³/mol. The van der Waals surface area contributed by atoms with Gasteiger partial charge in [-0.1, -0.05) is 0 Å². The Bertz CT molecular complexity index is 1670. The van der Waals surface area contributed by atoms with E-state index in [0.717, 1.165) is 93.8 Å². The molecule has 12 heteroatoms. The van der Waals surface area contributed by atoms with Crippen molar-refractivity contribution in [2.24, 2.45) is 5.92 Å². The second-order valence-electron chi connectivity index (χ2n) is 15.1. The number of amides is 4. The summed E-state index contributed by atoms with van der Waals surface area (Å²) in [7, 11) is 1.70. The number of carbonyl (C=O) groups is 4. The van der Waals surface area contributed by atoms with Gasteiger partial charge in [0.25, 0.3) is 11.8 Å². The Hall–Kier alpha value is -4.16. The van der Waals surface area contributed by atoms with Crippen molar-refractivity contribution in [3.05, 3.63) is 47.0 Å². The van der Waals surface area contributed by atoms with Gasteiger partial charge in [-0.15, -0.1) is 0 Å². The molecule has 0 bridgehead atoms. The predicted octanol–water partition coefficient (Wildman–Crippen LogP) is 3.06. The lowest BCUT2D eigenvalue weighted by Crippen LogP contribution is -2.54. The molecule has 0 aromatic heterocycles. The van der Waals surface area contributed by atoms with Gasteiger partial charge in [-0.25, -0.2) is 0 Å². The zero-order valence-electron chi connectivity index (χ0n) is 29.1. The minimum atomic E-state index is -0.944. The van der Waals surface area contributed by atoms with E-state index >= 15 is 0 Å². The quantitative estimate of drug-likeness (QED) is 0.316. The van der Waals surface area contributed by atoms with Gasteiger partial charge in [-0.05, 0) is 99.7 Å². The topological polar surface area (TPSA) is 132 Å². The molecule has 1 aliphatic carbocycles. The van der Waals surface area contributed by atoms with Crippen molar-refractivity contribution in [3.63, 3.8) is 0 Å². The molecule has 2 aromatic carbocycles. The summed E-state index contributed by atoms with van der Waals surface area (Å²) in [5, 5.41) is 2.26. The van der Waals surface area contributed by atoms with Crippen LogP contribution in [0.3, 0.4) is 0 Å². The highest BCUT2D eigenvalue weighted by atomic mass is 16.5. The average Bonchev–Trinajstić information content (AvgIpc) is 3.95. The summed E-state index contributed by atoms with van der Waals surface area (Å²) in [6, 6.07) is 9.46. The molecule has 1 unspecified atom stereocenters.